The summed E-state index contributed by atoms with van der Waals surface area (Å²) in [5.41, 5.74) is 5.57. The first kappa shape index (κ1) is 17.1. The zero-order chi connectivity index (χ0) is 18.8. The van der Waals surface area contributed by atoms with Gasteiger partial charge in [-0.1, -0.05) is 60.1 Å². The Kier molecular flexibility index (Phi) is 4.54. The molecule has 130 valence electrons. The highest BCUT2D eigenvalue weighted by atomic mass is 35.5. The Morgan fingerprint density at radius 1 is 0.889 bits per heavy atom. The van der Waals surface area contributed by atoms with Gasteiger partial charge in [-0.15, -0.1) is 0 Å². The van der Waals surface area contributed by atoms with E-state index in [9.17, 15) is 5.26 Å². The third-order valence-corrected chi connectivity index (χ3v) is 4.82. The summed E-state index contributed by atoms with van der Waals surface area (Å²) in [6, 6.07) is 25.6. The number of rotatable bonds is 2. The van der Waals surface area contributed by atoms with Gasteiger partial charge in [0, 0.05) is 16.1 Å². The van der Waals surface area contributed by atoms with Crippen LogP contribution in [0, 0.1) is 11.3 Å². The van der Waals surface area contributed by atoms with E-state index < -0.39 is 0 Å². The molecule has 1 heterocycles. The van der Waals surface area contributed by atoms with Gasteiger partial charge in [0.25, 0.3) is 0 Å². The third kappa shape index (κ3) is 3.26. The number of nitrogens with zero attached hydrogens (tertiary/aromatic N) is 1. The van der Waals surface area contributed by atoms with Gasteiger partial charge in [-0.25, -0.2) is 0 Å². The fourth-order valence-corrected chi connectivity index (χ4v) is 3.44. The maximum atomic E-state index is 9.69. The Bertz CT molecular complexity index is 1070. The molecule has 3 heteroatoms. The minimum absolute atomic E-state index is 0.595. The second kappa shape index (κ2) is 7.15. The number of ether oxygens (including phenoxy) is 1. The smallest absolute Gasteiger partial charge is 0.135 e. The summed E-state index contributed by atoms with van der Waals surface area (Å²) >= 11 is 5.97. The molecule has 1 aliphatic heterocycles. The Balaban J connectivity index is 1.91. The number of benzene rings is 3. The van der Waals surface area contributed by atoms with E-state index in [4.69, 9.17) is 16.3 Å². The van der Waals surface area contributed by atoms with Crippen LogP contribution in [-0.4, -0.2) is 0 Å². The average molecular weight is 370 g/mol. The van der Waals surface area contributed by atoms with E-state index in [0.29, 0.717) is 10.6 Å². The highest BCUT2D eigenvalue weighted by Crippen LogP contribution is 2.45. The van der Waals surface area contributed by atoms with Crippen LogP contribution < -0.4 is 4.74 Å². The topological polar surface area (TPSA) is 33.0 Å². The number of allylic oxidation sites excluding steroid dienone is 3. The molecule has 1 aliphatic rings. The molecule has 0 unspecified atom stereocenters. The van der Waals surface area contributed by atoms with E-state index in [1.165, 1.54) is 0 Å². The fraction of sp³-hybridized carbons (Fsp3) is 0.0417. The standard InChI is InChI=1S/C24H16ClNO/c1-16(14-18(15-26)17-10-12-19(25)13-11-17)24-20-6-2-4-8-22(20)27-23-9-5-3-7-21(23)24/h2-14H,1H3/b18-14+. The van der Waals surface area contributed by atoms with Crippen molar-refractivity contribution in [2.75, 3.05) is 0 Å². The minimum Gasteiger partial charge on any atom is -0.456 e. The van der Waals surface area contributed by atoms with E-state index in [1.807, 2.05) is 73.7 Å². The Morgan fingerprint density at radius 2 is 1.44 bits per heavy atom. The van der Waals surface area contributed by atoms with Crippen molar-refractivity contribution >= 4 is 22.7 Å². The molecule has 0 N–H and O–H groups in total. The molecule has 0 radical (unpaired) electrons. The first-order valence-corrected chi connectivity index (χ1v) is 9.00. The highest BCUT2D eigenvalue weighted by Gasteiger charge is 2.22. The Morgan fingerprint density at radius 3 is 2.00 bits per heavy atom. The van der Waals surface area contributed by atoms with Crippen molar-refractivity contribution in [3.63, 3.8) is 0 Å². The van der Waals surface area contributed by atoms with Crippen molar-refractivity contribution in [2.45, 2.75) is 6.92 Å². The van der Waals surface area contributed by atoms with Crippen LogP contribution in [0.5, 0.6) is 11.5 Å². The summed E-state index contributed by atoms with van der Waals surface area (Å²) in [6.45, 7) is 2.03. The first-order chi connectivity index (χ1) is 13.2. The van der Waals surface area contributed by atoms with Gasteiger partial charge < -0.3 is 4.74 Å². The van der Waals surface area contributed by atoms with Crippen molar-refractivity contribution in [1.29, 1.82) is 5.26 Å². The lowest BCUT2D eigenvalue weighted by atomic mass is 9.89. The van der Waals surface area contributed by atoms with Crippen LogP contribution in [0.3, 0.4) is 0 Å². The van der Waals surface area contributed by atoms with Crippen molar-refractivity contribution in [3.8, 4) is 17.6 Å². The highest BCUT2D eigenvalue weighted by molar-refractivity contribution is 6.30. The molecule has 0 aromatic heterocycles. The number of nitriles is 1. The van der Waals surface area contributed by atoms with Gasteiger partial charge in [0.2, 0.25) is 0 Å². The number of hydrogen-bond acceptors (Lipinski definition) is 2. The van der Waals surface area contributed by atoms with Crippen molar-refractivity contribution < 1.29 is 4.74 Å². The fourth-order valence-electron chi connectivity index (χ4n) is 3.31. The summed E-state index contributed by atoms with van der Waals surface area (Å²) < 4.78 is 6.05. The largest absolute Gasteiger partial charge is 0.456 e. The van der Waals surface area contributed by atoms with E-state index >= 15 is 0 Å². The third-order valence-electron chi connectivity index (χ3n) is 4.56. The zero-order valence-corrected chi connectivity index (χ0v) is 15.5. The van der Waals surface area contributed by atoms with E-state index in [0.717, 1.165) is 39.3 Å². The number of halogens is 1. The lowest BCUT2D eigenvalue weighted by Crippen LogP contribution is -2.03. The van der Waals surface area contributed by atoms with Crippen LogP contribution >= 0.6 is 11.6 Å². The summed E-state index contributed by atoms with van der Waals surface area (Å²) in [4.78, 5) is 0. The van der Waals surface area contributed by atoms with E-state index in [2.05, 4.69) is 6.07 Å². The molecular weight excluding hydrogens is 354 g/mol. The minimum atomic E-state index is 0.595. The molecule has 0 aliphatic carbocycles. The van der Waals surface area contributed by atoms with Gasteiger partial charge in [-0.2, -0.15) is 5.26 Å². The van der Waals surface area contributed by atoms with Gasteiger partial charge in [-0.3, -0.25) is 0 Å². The molecule has 4 rings (SSSR count). The SMILES string of the molecule is CC(/C=C(\C#N)c1ccc(Cl)cc1)=C1c2ccccc2Oc2ccccc21. The van der Waals surface area contributed by atoms with E-state index in [-0.39, 0.29) is 0 Å². The molecule has 0 amide bonds. The maximum absolute atomic E-state index is 9.69. The van der Waals surface area contributed by atoms with Gasteiger partial charge in [0.05, 0.1) is 11.6 Å². The molecule has 0 spiro atoms. The molecule has 0 atom stereocenters. The molecule has 2 nitrogen and oxygen atoms in total. The Hall–Kier alpha value is -3.28. The Labute approximate surface area is 163 Å². The second-order valence-electron chi connectivity index (χ2n) is 6.33. The van der Waals surface area contributed by atoms with Crippen LogP contribution in [0.25, 0.3) is 11.1 Å². The maximum Gasteiger partial charge on any atom is 0.135 e. The molecule has 3 aromatic carbocycles. The number of fused-ring (bicyclic) bond motifs is 2. The zero-order valence-electron chi connectivity index (χ0n) is 14.7. The molecule has 0 saturated heterocycles. The number of hydrogen-bond donors (Lipinski definition) is 0. The summed E-state index contributed by atoms with van der Waals surface area (Å²) in [5, 5.41) is 10.3. The lowest BCUT2D eigenvalue weighted by molar-refractivity contribution is 0.474. The summed E-state index contributed by atoms with van der Waals surface area (Å²) in [6.07, 6.45) is 1.93. The van der Waals surface area contributed by atoms with Crippen LogP contribution in [-0.2, 0) is 0 Å². The molecular formula is C24H16ClNO. The van der Waals surface area contributed by atoms with Gasteiger partial charge in [0.1, 0.15) is 11.5 Å². The van der Waals surface area contributed by atoms with Crippen molar-refractivity contribution in [1.82, 2.24) is 0 Å². The monoisotopic (exact) mass is 369 g/mol. The van der Waals surface area contributed by atoms with Gasteiger partial charge in [0.15, 0.2) is 0 Å². The normalized spacial score (nSPS) is 12.5. The van der Waals surface area contributed by atoms with Crippen molar-refractivity contribution in [3.05, 3.63) is 106 Å². The predicted octanol–water partition coefficient (Wildman–Crippen LogP) is 6.87. The summed E-state index contributed by atoms with van der Waals surface area (Å²) in [5.74, 6) is 1.65. The van der Waals surface area contributed by atoms with E-state index in [1.54, 1.807) is 12.1 Å². The molecule has 0 bridgehead atoms. The predicted molar refractivity (Wildman–Crippen MR) is 110 cm³/mol. The molecule has 3 aromatic rings. The first-order valence-electron chi connectivity index (χ1n) is 8.62. The van der Waals surface area contributed by atoms with Crippen LogP contribution in [0.2, 0.25) is 5.02 Å². The average Bonchev–Trinajstić information content (AvgIpc) is 2.70. The quantitative estimate of drug-likeness (QED) is 0.361. The van der Waals surface area contributed by atoms with Crippen LogP contribution in [0.15, 0.2) is 84.4 Å². The van der Waals surface area contributed by atoms with Crippen molar-refractivity contribution in [2.24, 2.45) is 0 Å². The van der Waals surface area contributed by atoms with Crippen LogP contribution in [0.4, 0.5) is 0 Å². The summed E-state index contributed by atoms with van der Waals surface area (Å²) in [7, 11) is 0. The molecule has 0 saturated carbocycles. The van der Waals surface area contributed by atoms with Gasteiger partial charge in [-0.05, 0) is 54.0 Å². The number of para-hydroxylation sites is 2. The van der Waals surface area contributed by atoms with Crippen LogP contribution in [0.1, 0.15) is 23.6 Å². The van der Waals surface area contributed by atoms with Gasteiger partial charge >= 0.3 is 0 Å². The lowest BCUT2D eigenvalue weighted by Gasteiger charge is -2.24. The molecule has 0 fully saturated rings. The second-order valence-corrected chi connectivity index (χ2v) is 6.77. The molecule has 27 heavy (non-hydrogen) atoms.